The van der Waals surface area contributed by atoms with E-state index in [0.29, 0.717) is 16.8 Å². The third kappa shape index (κ3) is 4.00. The van der Waals surface area contributed by atoms with Gasteiger partial charge in [-0.2, -0.15) is 4.98 Å². The molecule has 0 radical (unpaired) electrons. The summed E-state index contributed by atoms with van der Waals surface area (Å²) in [4.78, 5) is 8.70. The molecule has 0 bridgehead atoms. The lowest BCUT2D eigenvalue weighted by atomic mass is 10.2. The van der Waals surface area contributed by atoms with Gasteiger partial charge >= 0.3 is 0 Å². The van der Waals surface area contributed by atoms with Gasteiger partial charge in [0.2, 0.25) is 5.95 Å². The lowest BCUT2D eigenvalue weighted by molar-refractivity contribution is 1.16. The van der Waals surface area contributed by atoms with Crippen LogP contribution in [-0.2, 0) is 0 Å². The summed E-state index contributed by atoms with van der Waals surface area (Å²) in [6.45, 7) is 2.04. The molecule has 23 heavy (non-hydrogen) atoms. The molecule has 1 heterocycles. The molecule has 116 valence electrons. The van der Waals surface area contributed by atoms with Gasteiger partial charge in [-0.3, -0.25) is 0 Å². The maximum atomic E-state index is 6.15. The first kappa shape index (κ1) is 15.8. The Labute approximate surface area is 148 Å². The second-order valence-corrected chi connectivity index (χ2v) is 6.24. The van der Waals surface area contributed by atoms with Gasteiger partial charge in [0.05, 0.1) is 16.4 Å². The molecule has 0 spiro atoms. The molecule has 2 N–H and O–H groups in total. The number of anilines is 4. The number of aryl methyl sites for hydroxylation is 1. The van der Waals surface area contributed by atoms with Crippen molar-refractivity contribution in [2.45, 2.75) is 6.92 Å². The summed E-state index contributed by atoms with van der Waals surface area (Å²) in [5.41, 5.74) is 2.89. The van der Waals surface area contributed by atoms with Crippen molar-refractivity contribution in [3.8, 4) is 0 Å². The third-order valence-electron chi connectivity index (χ3n) is 3.16. The zero-order valence-electron chi connectivity index (χ0n) is 12.3. The Morgan fingerprint density at radius 1 is 1.00 bits per heavy atom. The molecular weight excluding hydrogens is 376 g/mol. The molecule has 0 saturated heterocycles. The Bertz CT molecular complexity index is 838. The molecule has 0 aliphatic rings. The average molecular weight is 390 g/mol. The minimum Gasteiger partial charge on any atom is -0.339 e. The number of nitrogens with one attached hydrogen (secondary N) is 2. The fourth-order valence-corrected chi connectivity index (χ4v) is 2.81. The van der Waals surface area contributed by atoms with Gasteiger partial charge in [0.1, 0.15) is 5.82 Å². The van der Waals surface area contributed by atoms with E-state index < -0.39 is 0 Å². The van der Waals surface area contributed by atoms with Crippen LogP contribution in [0.15, 0.2) is 59.2 Å². The second-order valence-electron chi connectivity index (χ2n) is 4.98. The van der Waals surface area contributed by atoms with Crippen LogP contribution in [0.1, 0.15) is 5.56 Å². The zero-order chi connectivity index (χ0) is 16.2. The smallest absolute Gasteiger partial charge is 0.229 e. The number of hydrogen-bond donors (Lipinski definition) is 2. The fourth-order valence-electron chi connectivity index (χ4n) is 2.03. The summed E-state index contributed by atoms with van der Waals surface area (Å²) in [6, 6.07) is 15.4. The molecule has 4 nitrogen and oxygen atoms in total. The maximum absolute atomic E-state index is 6.15. The Morgan fingerprint density at radius 2 is 1.83 bits per heavy atom. The molecule has 1 aromatic heterocycles. The van der Waals surface area contributed by atoms with E-state index in [-0.39, 0.29) is 0 Å². The minimum atomic E-state index is 0.506. The Hall–Kier alpha value is -2.11. The van der Waals surface area contributed by atoms with E-state index in [9.17, 15) is 0 Å². The summed E-state index contributed by atoms with van der Waals surface area (Å²) in [7, 11) is 0. The number of benzene rings is 2. The van der Waals surface area contributed by atoms with Gasteiger partial charge in [0, 0.05) is 10.7 Å². The molecule has 0 aliphatic carbocycles. The van der Waals surface area contributed by atoms with Crippen LogP contribution < -0.4 is 10.6 Å². The minimum absolute atomic E-state index is 0.506. The lowest BCUT2D eigenvalue weighted by Crippen LogP contribution is -2.01. The van der Waals surface area contributed by atoms with Crippen molar-refractivity contribution in [3.05, 3.63) is 69.8 Å². The zero-order valence-corrected chi connectivity index (χ0v) is 14.7. The normalized spacial score (nSPS) is 10.4. The number of nitrogens with zero attached hydrogens (tertiary/aromatic N) is 2. The highest BCUT2D eigenvalue weighted by Gasteiger charge is 2.05. The van der Waals surface area contributed by atoms with Gasteiger partial charge in [0.15, 0.2) is 0 Å². The van der Waals surface area contributed by atoms with Gasteiger partial charge in [0.25, 0.3) is 0 Å². The van der Waals surface area contributed by atoms with Crippen LogP contribution >= 0.6 is 27.5 Å². The first-order valence-corrected chi connectivity index (χ1v) is 8.17. The maximum Gasteiger partial charge on any atom is 0.229 e. The molecule has 0 atom stereocenters. The van der Waals surface area contributed by atoms with E-state index in [1.165, 1.54) is 5.56 Å². The molecule has 2 aromatic carbocycles. The van der Waals surface area contributed by atoms with E-state index >= 15 is 0 Å². The predicted octanol–water partition coefficient (Wildman–Crippen LogP) is 5.69. The van der Waals surface area contributed by atoms with Gasteiger partial charge in [-0.15, -0.1) is 0 Å². The van der Waals surface area contributed by atoms with Crippen molar-refractivity contribution in [3.63, 3.8) is 0 Å². The largest absolute Gasteiger partial charge is 0.339 e. The second kappa shape index (κ2) is 6.98. The average Bonchev–Trinajstić information content (AvgIpc) is 2.53. The van der Waals surface area contributed by atoms with Crippen molar-refractivity contribution in [2.75, 3.05) is 10.6 Å². The van der Waals surface area contributed by atoms with E-state index in [4.69, 9.17) is 11.6 Å². The standard InChI is InChI=1S/C17H14BrClN4/c1-11-6-7-14(12(18)10-11)22-17-20-9-8-16(23-17)21-15-5-3-2-4-13(15)19/h2-10H,1H3,(H2,20,21,22,23). The predicted molar refractivity (Wildman–Crippen MR) is 98.9 cm³/mol. The van der Waals surface area contributed by atoms with Crippen molar-refractivity contribution in [1.82, 2.24) is 9.97 Å². The number of para-hydroxylation sites is 1. The van der Waals surface area contributed by atoms with Crippen LogP contribution in [0, 0.1) is 6.92 Å². The molecule has 0 fully saturated rings. The summed E-state index contributed by atoms with van der Waals surface area (Å²) in [5.74, 6) is 1.17. The molecule has 0 aliphatic heterocycles. The van der Waals surface area contributed by atoms with Crippen LogP contribution in [0.3, 0.4) is 0 Å². The van der Waals surface area contributed by atoms with Crippen LogP contribution in [0.25, 0.3) is 0 Å². The van der Waals surface area contributed by atoms with Crippen LogP contribution in [0.4, 0.5) is 23.1 Å². The number of halogens is 2. The first-order valence-electron chi connectivity index (χ1n) is 6.99. The first-order chi connectivity index (χ1) is 11.1. The number of rotatable bonds is 4. The van der Waals surface area contributed by atoms with Crippen molar-refractivity contribution < 1.29 is 0 Å². The summed E-state index contributed by atoms with van der Waals surface area (Å²) < 4.78 is 0.963. The highest BCUT2D eigenvalue weighted by atomic mass is 79.9. The Balaban J connectivity index is 1.81. The Kier molecular flexibility index (Phi) is 4.79. The van der Waals surface area contributed by atoms with Gasteiger partial charge in [-0.1, -0.05) is 29.8 Å². The van der Waals surface area contributed by atoms with Crippen LogP contribution in [0.5, 0.6) is 0 Å². The SMILES string of the molecule is Cc1ccc(Nc2nccc(Nc3ccccc3Cl)n2)c(Br)c1. The number of hydrogen-bond acceptors (Lipinski definition) is 4. The van der Waals surface area contributed by atoms with E-state index in [1.54, 1.807) is 12.3 Å². The molecule has 3 aromatic rings. The van der Waals surface area contributed by atoms with Gasteiger partial charge < -0.3 is 10.6 Å². The molecular formula is C17H14BrClN4. The highest BCUT2D eigenvalue weighted by Crippen LogP contribution is 2.27. The molecule has 0 unspecified atom stereocenters. The quantitative estimate of drug-likeness (QED) is 0.602. The van der Waals surface area contributed by atoms with Crippen molar-refractivity contribution in [2.24, 2.45) is 0 Å². The summed E-state index contributed by atoms with van der Waals surface area (Å²) >= 11 is 9.69. The summed E-state index contributed by atoms with van der Waals surface area (Å²) in [5, 5.41) is 7.03. The topological polar surface area (TPSA) is 49.8 Å². The van der Waals surface area contributed by atoms with Gasteiger partial charge in [-0.25, -0.2) is 4.98 Å². The van der Waals surface area contributed by atoms with E-state index in [2.05, 4.69) is 36.5 Å². The van der Waals surface area contributed by atoms with Crippen LogP contribution in [0.2, 0.25) is 5.02 Å². The van der Waals surface area contributed by atoms with Crippen LogP contribution in [-0.4, -0.2) is 9.97 Å². The lowest BCUT2D eigenvalue weighted by Gasteiger charge is -2.10. The monoisotopic (exact) mass is 388 g/mol. The fraction of sp³-hybridized carbons (Fsp3) is 0.0588. The van der Waals surface area contributed by atoms with E-state index in [0.717, 1.165) is 15.8 Å². The number of aromatic nitrogens is 2. The van der Waals surface area contributed by atoms with E-state index in [1.807, 2.05) is 49.4 Å². The van der Waals surface area contributed by atoms with Crippen molar-refractivity contribution >= 4 is 50.7 Å². The van der Waals surface area contributed by atoms with Gasteiger partial charge in [-0.05, 0) is 58.7 Å². The molecule has 0 saturated carbocycles. The molecule has 0 amide bonds. The third-order valence-corrected chi connectivity index (χ3v) is 4.15. The summed E-state index contributed by atoms with van der Waals surface area (Å²) in [6.07, 6.45) is 1.69. The molecule has 6 heteroatoms. The van der Waals surface area contributed by atoms with Crippen molar-refractivity contribution in [1.29, 1.82) is 0 Å². The Morgan fingerprint density at radius 3 is 2.61 bits per heavy atom. The highest BCUT2D eigenvalue weighted by molar-refractivity contribution is 9.10. The molecule has 3 rings (SSSR count).